The maximum atomic E-state index is 14.3. The molecule has 7 heteroatoms. The summed E-state index contributed by atoms with van der Waals surface area (Å²) in [7, 11) is -3.59. The van der Waals surface area contributed by atoms with Crippen molar-refractivity contribution in [2.45, 2.75) is 106 Å². The highest BCUT2D eigenvalue weighted by atomic mass is 32.2. The van der Waals surface area contributed by atoms with Gasteiger partial charge in [0, 0.05) is 30.7 Å². The van der Waals surface area contributed by atoms with Crippen molar-refractivity contribution in [3.8, 4) is 5.75 Å². The first-order valence-electron chi connectivity index (χ1n) is 16.2. The molecule has 2 saturated heterocycles. The molecule has 0 amide bonds. The van der Waals surface area contributed by atoms with Gasteiger partial charge in [-0.15, -0.1) is 0 Å². The average Bonchev–Trinajstić information content (AvgIpc) is 3.61. The minimum atomic E-state index is -3.59. The lowest BCUT2D eigenvalue weighted by atomic mass is 9.84. The van der Waals surface area contributed by atoms with E-state index < -0.39 is 15.1 Å². The lowest BCUT2D eigenvalue weighted by Gasteiger charge is -2.35. The van der Waals surface area contributed by atoms with E-state index in [-0.39, 0.29) is 18.1 Å². The van der Waals surface area contributed by atoms with Crippen molar-refractivity contribution in [2.75, 3.05) is 13.2 Å². The molecule has 6 nitrogen and oxygen atoms in total. The summed E-state index contributed by atoms with van der Waals surface area (Å²) in [6, 6.07) is 22.5. The minimum Gasteiger partial charge on any atom is -0.494 e. The summed E-state index contributed by atoms with van der Waals surface area (Å²) < 4.78 is 34.6. The van der Waals surface area contributed by atoms with Gasteiger partial charge in [-0.3, -0.25) is 0 Å². The SMILES string of the molecule is CCCCCOc1ccc(S(=O)(=O)[C@@H]2[C@H]3N[C@H](C[C@@H]3CNC3CCCCC3)[C@H]2NCc2ccc3ccccc3c2)cc1. The van der Waals surface area contributed by atoms with Crippen molar-refractivity contribution < 1.29 is 13.2 Å². The standard InChI is InChI=1S/C35H47N3O3S/c1-2-3-9-20-41-30-16-18-31(19-17-30)42(39,40)35-33-28(24-36-29-12-5-4-6-13-29)22-32(38-33)34(35)37-23-25-14-15-26-10-7-8-11-27(26)21-25/h7-8,10-11,14-19,21,28-29,32-38H,2-6,9,12-13,20,22-24H2,1H3/t28-,32-,33+,34-,35-/m1/s1. The topological polar surface area (TPSA) is 79.5 Å². The molecule has 0 unspecified atom stereocenters. The summed E-state index contributed by atoms with van der Waals surface area (Å²) in [6.45, 7) is 4.35. The number of hydrogen-bond acceptors (Lipinski definition) is 6. The molecule has 0 aromatic heterocycles. The van der Waals surface area contributed by atoms with E-state index in [1.54, 1.807) is 12.1 Å². The lowest BCUT2D eigenvalue weighted by Crippen LogP contribution is -2.54. The Kier molecular flexibility index (Phi) is 9.49. The summed E-state index contributed by atoms with van der Waals surface area (Å²) >= 11 is 0. The van der Waals surface area contributed by atoms with Gasteiger partial charge in [0.2, 0.25) is 0 Å². The predicted molar refractivity (Wildman–Crippen MR) is 171 cm³/mol. The fourth-order valence-corrected chi connectivity index (χ4v) is 9.67. The van der Waals surface area contributed by atoms with Gasteiger partial charge < -0.3 is 20.7 Å². The molecular formula is C35H47N3O3S. The van der Waals surface area contributed by atoms with Crippen LogP contribution in [0.4, 0.5) is 0 Å². The van der Waals surface area contributed by atoms with Crippen LogP contribution in [-0.4, -0.2) is 51.0 Å². The fourth-order valence-electron chi connectivity index (χ4n) is 7.48. The van der Waals surface area contributed by atoms with Gasteiger partial charge in [0.25, 0.3) is 0 Å². The summed E-state index contributed by atoms with van der Waals surface area (Å²) in [6.07, 6.45) is 10.7. The van der Waals surface area contributed by atoms with Crippen LogP contribution in [0.15, 0.2) is 71.6 Å². The number of benzene rings is 3. The van der Waals surface area contributed by atoms with E-state index in [9.17, 15) is 8.42 Å². The zero-order valence-electron chi connectivity index (χ0n) is 24.9. The van der Waals surface area contributed by atoms with Crippen LogP contribution >= 0.6 is 0 Å². The Morgan fingerprint density at radius 2 is 1.69 bits per heavy atom. The van der Waals surface area contributed by atoms with Gasteiger partial charge in [0.1, 0.15) is 5.75 Å². The molecule has 2 bridgehead atoms. The molecular weight excluding hydrogens is 542 g/mol. The Morgan fingerprint density at radius 3 is 2.48 bits per heavy atom. The first kappa shape index (κ1) is 29.6. The quantitative estimate of drug-likeness (QED) is 0.213. The van der Waals surface area contributed by atoms with Crippen LogP contribution in [0.2, 0.25) is 0 Å². The smallest absolute Gasteiger partial charge is 0.184 e. The lowest BCUT2D eigenvalue weighted by molar-refractivity contribution is 0.298. The first-order valence-corrected chi connectivity index (χ1v) is 17.7. The molecule has 42 heavy (non-hydrogen) atoms. The Bertz CT molecular complexity index is 1420. The van der Waals surface area contributed by atoms with E-state index in [0.717, 1.165) is 38.0 Å². The summed E-state index contributed by atoms with van der Waals surface area (Å²) in [4.78, 5) is 0.388. The Balaban J connectivity index is 1.19. The fraction of sp³-hybridized carbons (Fsp3) is 0.543. The second-order valence-electron chi connectivity index (χ2n) is 12.7. The normalized spacial score (nSPS) is 26.2. The third kappa shape index (κ3) is 6.54. The summed E-state index contributed by atoms with van der Waals surface area (Å²) in [5.41, 5.74) is 1.17. The van der Waals surface area contributed by atoms with Crippen molar-refractivity contribution in [3.05, 3.63) is 72.3 Å². The molecule has 1 aliphatic carbocycles. The van der Waals surface area contributed by atoms with Crippen molar-refractivity contribution in [2.24, 2.45) is 5.92 Å². The van der Waals surface area contributed by atoms with E-state index in [2.05, 4.69) is 65.3 Å². The summed E-state index contributed by atoms with van der Waals surface area (Å²) in [5.74, 6) is 1.04. The highest BCUT2D eigenvalue weighted by molar-refractivity contribution is 7.92. The second-order valence-corrected chi connectivity index (χ2v) is 14.8. The van der Waals surface area contributed by atoms with Crippen LogP contribution < -0.4 is 20.7 Å². The van der Waals surface area contributed by atoms with Crippen LogP contribution in [0.3, 0.4) is 0 Å². The van der Waals surface area contributed by atoms with Gasteiger partial charge in [-0.25, -0.2) is 8.42 Å². The number of nitrogens with one attached hydrogen (secondary N) is 3. The molecule has 3 aromatic rings. The number of sulfone groups is 1. The van der Waals surface area contributed by atoms with E-state index in [4.69, 9.17) is 4.74 Å². The zero-order valence-corrected chi connectivity index (χ0v) is 25.7. The van der Waals surface area contributed by atoms with Gasteiger partial charge in [-0.1, -0.05) is 75.4 Å². The number of rotatable bonds is 13. The highest BCUT2D eigenvalue weighted by Crippen LogP contribution is 2.40. The first-order chi connectivity index (χ1) is 20.5. The summed E-state index contributed by atoms with van der Waals surface area (Å²) in [5, 5.41) is 13.2. The van der Waals surface area contributed by atoms with Crippen molar-refractivity contribution >= 4 is 20.6 Å². The molecule has 3 fully saturated rings. The van der Waals surface area contributed by atoms with E-state index >= 15 is 0 Å². The second kappa shape index (κ2) is 13.5. The molecule has 2 aliphatic heterocycles. The van der Waals surface area contributed by atoms with Gasteiger partial charge in [-0.05, 0) is 84.8 Å². The maximum Gasteiger partial charge on any atom is 0.184 e. The number of ether oxygens (including phenoxy) is 1. The number of unbranched alkanes of at least 4 members (excludes halogenated alkanes) is 2. The third-order valence-electron chi connectivity index (χ3n) is 9.77. The van der Waals surface area contributed by atoms with Gasteiger partial charge >= 0.3 is 0 Å². The number of hydrogen-bond donors (Lipinski definition) is 3. The Hall–Kier alpha value is -2.45. The molecule has 5 atom stereocenters. The van der Waals surface area contributed by atoms with Gasteiger partial charge in [-0.2, -0.15) is 0 Å². The molecule has 226 valence electrons. The van der Waals surface area contributed by atoms with Crippen LogP contribution in [0.25, 0.3) is 10.8 Å². The largest absolute Gasteiger partial charge is 0.494 e. The van der Waals surface area contributed by atoms with E-state index in [1.807, 2.05) is 12.1 Å². The molecule has 3 aliphatic rings. The molecule has 3 aromatic carbocycles. The molecule has 3 N–H and O–H groups in total. The molecule has 1 saturated carbocycles. The monoisotopic (exact) mass is 589 g/mol. The minimum absolute atomic E-state index is 0.0739. The van der Waals surface area contributed by atoms with Crippen LogP contribution in [0.1, 0.15) is 70.3 Å². The van der Waals surface area contributed by atoms with Crippen LogP contribution in [0.5, 0.6) is 5.75 Å². The Morgan fingerprint density at radius 1 is 0.905 bits per heavy atom. The van der Waals surface area contributed by atoms with E-state index in [1.165, 1.54) is 48.4 Å². The Labute approximate surface area is 251 Å². The van der Waals surface area contributed by atoms with Crippen LogP contribution in [0, 0.1) is 5.92 Å². The van der Waals surface area contributed by atoms with Crippen LogP contribution in [-0.2, 0) is 16.4 Å². The van der Waals surface area contributed by atoms with Crippen molar-refractivity contribution in [3.63, 3.8) is 0 Å². The van der Waals surface area contributed by atoms with Crippen molar-refractivity contribution in [1.82, 2.24) is 16.0 Å². The average molecular weight is 590 g/mol. The van der Waals surface area contributed by atoms with Crippen molar-refractivity contribution in [1.29, 1.82) is 0 Å². The van der Waals surface area contributed by atoms with Gasteiger partial charge in [0.05, 0.1) is 16.8 Å². The third-order valence-corrected chi connectivity index (χ3v) is 12.0. The zero-order chi connectivity index (χ0) is 28.9. The molecule has 2 heterocycles. The molecule has 0 spiro atoms. The molecule has 6 rings (SSSR count). The maximum absolute atomic E-state index is 14.3. The molecule has 0 radical (unpaired) electrons. The number of fused-ring (bicyclic) bond motifs is 3. The predicted octanol–water partition coefficient (Wildman–Crippen LogP) is 5.99. The van der Waals surface area contributed by atoms with Gasteiger partial charge in [0.15, 0.2) is 9.84 Å². The van der Waals surface area contributed by atoms with E-state index in [0.29, 0.717) is 30.0 Å². The highest BCUT2D eigenvalue weighted by Gasteiger charge is 2.57.